The van der Waals surface area contributed by atoms with Gasteiger partial charge in [0.15, 0.2) is 0 Å². The van der Waals surface area contributed by atoms with Crippen molar-refractivity contribution in [3.8, 4) is 10.7 Å². The molecule has 0 radical (unpaired) electrons. The Kier molecular flexibility index (Phi) is 3.83. The predicted molar refractivity (Wildman–Crippen MR) is 103 cm³/mol. The Bertz CT molecular complexity index is 1080. The maximum absolute atomic E-state index is 13.1. The average molecular weight is 394 g/mol. The second-order valence-electron chi connectivity index (χ2n) is 7.27. The van der Waals surface area contributed by atoms with Gasteiger partial charge < -0.3 is 9.84 Å². The fraction of sp³-hybridized carbons (Fsp3) is 0.300. The number of aromatic nitrogens is 2. The van der Waals surface area contributed by atoms with Crippen molar-refractivity contribution in [2.75, 3.05) is 0 Å². The molecule has 1 saturated heterocycles. The largest absolute Gasteiger partial charge is 0.337 e. The summed E-state index contributed by atoms with van der Waals surface area (Å²) in [5, 5.41) is 8.70. The first kappa shape index (κ1) is 17.1. The molecule has 2 aliphatic rings. The maximum atomic E-state index is 13.1. The molecule has 0 bridgehead atoms. The van der Waals surface area contributed by atoms with Crippen LogP contribution in [0.25, 0.3) is 10.7 Å². The molecule has 1 aromatic carbocycles. The van der Waals surface area contributed by atoms with Gasteiger partial charge in [-0.1, -0.05) is 29.4 Å². The molecule has 1 aliphatic heterocycles. The minimum absolute atomic E-state index is 0.0520. The first-order valence-corrected chi connectivity index (χ1v) is 10.1. The Labute approximate surface area is 165 Å². The van der Waals surface area contributed by atoms with E-state index in [0.717, 1.165) is 34.6 Å². The summed E-state index contributed by atoms with van der Waals surface area (Å²) < 4.78 is 5.25. The van der Waals surface area contributed by atoms with E-state index in [-0.39, 0.29) is 18.3 Å². The number of benzene rings is 1. The minimum Gasteiger partial charge on any atom is -0.337 e. The summed E-state index contributed by atoms with van der Waals surface area (Å²) in [5.41, 5.74) is 2.30. The van der Waals surface area contributed by atoms with Crippen LogP contribution in [-0.2, 0) is 29.7 Å². The number of hydrogen-bond donors (Lipinski definition) is 1. The number of hydrogen-bond acceptors (Lipinski definition) is 6. The van der Waals surface area contributed by atoms with Gasteiger partial charge in [0, 0.05) is 0 Å². The molecule has 1 fully saturated rings. The fourth-order valence-electron chi connectivity index (χ4n) is 3.88. The number of carbonyl (C=O) groups excluding carboxylic acids is 2. The maximum Gasteiger partial charge on any atom is 0.325 e. The third-order valence-corrected chi connectivity index (χ3v) is 6.32. The summed E-state index contributed by atoms with van der Waals surface area (Å²) in [6.07, 6.45) is 3.22. The second kappa shape index (κ2) is 6.27. The molecule has 8 heteroatoms. The molecule has 142 valence electrons. The van der Waals surface area contributed by atoms with Crippen LogP contribution in [0.4, 0.5) is 4.79 Å². The topological polar surface area (TPSA) is 88.3 Å². The third-order valence-electron chi connectivity index (χ3n) is 5.45. The van der Waals surface area contributed by atoms with Crippen molar-refractivity contribution < 1.29 is 14.1 Å². The van der Waals surface area contributed by atoms with E-state index in [0.29, 0.717) is 5.82 Å². The number of nitrogens with zero attached hydrogens (tertiary/aromatic N) is 3. The number of fused-ring (bicyclic) bond motifs is 1. The molecule has 3 aromatic rings. The molecule has 3 heterocycles. The van der Waals surface area contributed by atoms with Gasteiger partial charge in [-0.2, -0.15) is 4.98 Å². The third kappa shape index (κ3) is 2.63. The van der Waals surface area contributed by atoms with Crippen molar-refractivity contribution >= 4 is 23.3 Å². The predicted octanol–water partition coefficient (Wildman–Crippen LogP) is 3.25. The highest BCUT2D eigenvalue weighted by Crippen LogP contribution is 2.33. The molecule has 5 rings (SSSR count). The standard InChI is InChI=1S/C20H18N4O3S/c1-20(14-8-7-12-4-2-5-13(12)10-14)18(25)24(19(26)22-20)11-16-21-17(23-27-16)15-6-3-9-28-15/h3,6-10H,2,4-5,11H2,1H3,(H,22,26)/t20-/m0/s1. The Balaban J connectivity index is 1.40. The number of nitrogens with one attached hydrogen (secondary N) is 1. The fourth-order valence-corrected chi connectivity index (χ4v) is 4.53. The van der Waals surface area contributed by atoms with Gasteiger partial charge in [-0.05, 0) is 54.3 Å². The van der Waals surface area contributed by atoms with E-state index in [9.17, 15) is 9.59 Å². The van der Waals surface area contributed by atoms with Crippen LogP contribution < -0.4 is 5.32 Å². The van der Waals surface area contributed by atoms with Gasteiger partial charge >= 0.3 is 6.03 Å². The number of thiophene rings is 1. The van der Waals surface area contributed by atoms with Gasteiger partial charge in [0.2, 0.25) is 11.7 Å². The van der Waals surface area contributed by atoms with Crippen LogP contribution in [0.1, 0.15) is 35.9 Å². The molecule has 28 heavy (non-hydrogen) atoms. The summed E-state index contributed by atoms with van der Waals surface area (Å²) in [6.45, 7) is 1.69. The van der Waals surface area contributed by atoms with Crippen LogP contribution in [0.2, 0.25) is 0 Å². The van der Waals surface area contributed by atoms with Gasteiger partial charge in [0.1, 0.15) is 12.1 Å². The number of urea groups is 1. The molecule has 1 atom stereocenters. The lowest BCUT2D eigenvalue weighted by Crippen LogP contribution is -2.41. The summed E-state index contributed by atoms with van der Waals surface area (Å²) in [6, 6.07) is 9.38. The highest BCUT2D eigenvalue weighted by molar-refractivity contribution is 7.13. The van der Waals surface area contributed by atoms with Crippen molar-refractivity contribution in [3.05, 3.63) is 58.3 Å². The van der Waals surface area contributed by atoms with E-state index in [1.165, 1.54) is 22.5 Å². The number of aryl methyl sites for hydroxylation is 2. The molecular weight excluding hydrogens is 376 g/mol. The van der Waals surface area contributed by atoms with Crippen LogP contribution in [0.5, 0.6) is 0 Å². The van der Waals surface area contributed by atoms with Crippen molar-refractivity contribution in [1.29, 1.82) is 0 Å². The Morgan fingerprint density at radius 1 is 1.25 bits per heavy atom. The Morgan fingerprint density at radius 2 is 2.11 bits per heavy atom. The zero-order chi connectivity index (χ0) is 19.3. The molecule has 3 amide bonds. The van der Waals surface area contributed by atoms with Crippen molar-refractivity contribution in [2.24, 2.45) is 0 Å². The molecule has 1 N–H and O–H groups in total. The summed E-state index contributed by atoms with van der Waals surface area (Å²) in [5.74, 6) is 0.370. The number of amides is 3. The van der Waals surface area contributed by atoms with Crippen LogP contribution in [0, 0.1) is 0 Å². The lowest BCUT2D eigenvalue weighted by molar-refractivity contribution is -0.131. The summed E-state index contributed by atoms with van der Waals surface area (Å²) in [4.78, 5) is 32.0. The van der Waals surface area contributed by atoms with Crippen molar-refractivity contribution in [1.82, 2.24) is 20.4 Å². The SMILES string of the molecule is C[C@@]1(c2ccc3c(c2)CCC3)NC(=O)N(Cc2nc(-c3cccs3)no2)C1=O. The molecule has 0 spiro atoms. The number of carbonyl (C=O) groups is 2. The zero-order valence-electron chi connectivity index (χ0n) is 15.3. The van der Waals surface area contributed by atoms with Gasteiger partial charge in [-0.3, -0.25) is 9.69 Å². The smallest absolute Gasteiger partial charge is 0.325 e. The van der Waals surface area contributed by atoms with Crippen LogP contribution in [-0.4, -0.2) is 27.0 Å². The van der Waals surface area contributed by atoms with Gasteiger partial charge in [-0.15, -0.1) is 11.3 Å². The molecular formula is C20H18N4O3S. The molecule has 0 unspecified atom stereocenters. The number of imide groups is 1. The summed E-state index contributed by atoms with van der Waals surface area (Å²) >= 11 is 1.50. The van der Waals surface area contributed by atoms with Crippen LogP contribution >= 0.6 is 11.3 Å². The lowest BCUT2D eigenvalue weighted by Gasteiger charge is -2.22. The van der Waals surface area contributed by atoms with E-state index in [2.05, 4.69) is 21.5 Å². The van der Waals surface area contributed by atoms with Gasteiger partial charge in [-0.25, -0.2) is 4.79 Å². The van der Waals surface area contributed by atoms with E-state index >= 15 is 0 Å². The zero-order valence-corrected chi connectivity index (χ0v) is 16.1. The highest BCUT2D eigenvalue weighted by atomic mass is 32.1. The molecule has 1 aliphatic carbocycles. The number of rotatable bonds is 4. The molecule has 2 aromatic heterocycles. The van der Waals surface area contributed by atoms with E-state index in [4.69, 9.17) is 4.52 Å². The lowest BCUT2D eigenvalue weighted by atomic mass is 9.90. The Hall–Kier alpha value is -3.00. The van der Waals surface area contributed by atoms with Gasteiger partial charge in [0.25, 0.3) is 5.91 Å². The Morgan fingerprint density at radius 3 is 2.93 bits per heavy atom. The van der Waals surface area contributed by atoms with Crippen molar-refractivity contribution in [2.45, 2.75) is 38.3 Å². The normalized spacial score (nSPS) is 21.2. The second-order valence-corrected chi connectivity index (χ2v) is 8.22. The quantitative estimate of drug-likeness (QED) is 0.686. The molecule has 0 saturated carbocycles. The average Bonchev–Trinajstić information content (AvgIpc) is 3.47. The summed E-state index contributed by atoms with van der Waals surface area (Å²) in [7, 11) is 0. The van der Waals surface area contributed by atoms with E-state index < -0.39 is 11.6 Å². The molecule has 7 nitrogen and oxygen atoms in total. The van der Waals surface area contributed by atoms with E-state index in [1.54, 1.807) is 6.92 Å². The minimum atomic E-state index is -1.09. The monoisotopic (exact) mass is 394 g/mol. The first-order valence-electron chi connectivity index (χ1n) is 9.17. The van der Waals surface area contributed by atoms with Gasteiger partial charge in [0.05, 0.1) is 4.88 Å². The van der Waals surface area contributed by atoms with Crippen molar-refractivity contribution in [3.63, 3.8) is 0 Å². The van der Waals surface area contributed by atoms with Crippen LogP contribution in [0.15, 0.2) is 40.2 Å². The van der Waals surface area contributed by atoms with Crippen LogP contribution in [0.3, 0.4) is 0 Å². The van der Waals surface area contributed by atoms with E-state index in [1.807, 2.05) is 29.6 Å². The highest BCUT2D eigenvalue weighted by Gasteiger charge is 2.49. The first-order chi connectivity index (χ1) is 13.5.